The fraction of sp³-hybridized carbons (Fsp3) is 0.526. The third-order valence-corrected chi connectivity index (χ3v) is 4.43. The van der Waals surface area contributed by atoms with Crippen LogP contribution in [0.2, 0.25) is 0 Å². The normalized spacial score (nSPS) is 14.0. The third kappa shape index (κ3) is 6.25. The van der Waals surface area contributed by atoms with E-state index in [1.54, 1.807) is 36.7 Å². The molecule has 0 saturated heterocycles. The summed E-state index contributed by atoms with van der Waals surface area (Å²) in [5.74, 6) is -2.11. The molecule has 0 aromatic heterocycles. The number of methoxy groups -OCH3 is 1. The van der Waals surface area contributed by atoms with Crippen LogP contribution in [-0.4, -0.2) is 37.1 Å². The molecule has 0 aliphatic heterocycles. The average molecular weight is 379 g/mol. The van der Waals surface area contributed by atoms with E-state index in [9.17, 15) is 14.4 Å². The highest BCUT2D eigenvalue weighted by atomic mass is 16.5. The number of hydrogen-bond acceptors (Lipinski definition) is 5. The van der Waals surface area contributed by atoms with E-state index in [2.05, 4.69) is 10.6 Å². The summed E-state index contributed by atoms with van der Waals surface area (Å²) in [6.07, 6.45) is 0.434. The van der Waals surface area contributed by atoms with E-state index in [0.717, 1.165) is 0 Å². The van der Waals surface area contributed by atoms with Crippen molar-refractivity contribution in [2.75, 3.05) is 14.2 Å². The van der Waals surface area contributed by atoms with E-state index >= 15 is 0 Å². The number of carbonyl (C=O) groups excluding carboxylic acids is 3. The Morgan fingerprint density at radius 2 is 1.63 bits per heavy atom. The van der Waals surface area contributed by atoms with Crippen LogP contribution in [-0.2, 0) is 14.4 Å². The second-order valence-electron chi connectivity index (χ2n) is 6.83. The molecule has 1 rings (SSSR count). The highest BCUT2D eigenvalue weighted by Crippen LogP contribution is 2.24. The number of hydrogen-bond donors (Lipinski definition) is 4. The lowest BCUT2D eigenvalue weighted by molar-refractivity contribution is -0.141. The summed E-state index contributed by atoms with van der Waals surface area (Å²) in [7, 11) is 3.02. The summed E-state index contributed by atoms with van der Waals surface area (Å²) >= 11 is 0. The van der Waals surface area contributed by atoms with E-state index in [0.29, 0.717) is 17.7 Å². The lowest BCUT2D eigenvalue weighted by atomic mass is 9.85. The fourth-order valence-corrected chi connectivity index (χ4v) is 2.82. The number of likely N-dealkylation sites (N-methyl/N-ethyl adjacent to an activating group) is 1. The highest BCUT2D eigenvalue weighted by Gasteiger charge is 2.33. The molecule has 0 saturated carbocycles. The molecule has 3 atom stereocenters. The minimum absolute atomic E-state index is 0.147. The first-order valence-electron chi connectivity index (χ1n) is 8.84. The predicted octanol–water partition coefficient (Wildman–Crippen LogP) is 1.40. The van der Waals surface area contributed by atoms with Gasteiger partial charge in [-0.15, -0.1) is 0 Å². The predicted molar refractivity (Wildman–Crippen MR) is 100.0 cm³/mol. The van der Waals surface area contributed by atoms with Crippen molar-refractivity contribution in [1.82, 2.24) is 16.1 Å². The van der Waals surface area contributed by atoms with Gasteiger partial charge in [-0.1, -0.05) is 32.9 Å². The van der Waals surface area contributed by atoms with Gasteiger partial charge in [-0.2, -0.15) is 0 Å². The smallest absolute Gasteiger partial charge is 0.246 e. The quantitative estimate of drug-likeness (QED) is 0.382. The van der Waals surface area contributed by atoms with Gasteiger partial charge in [0.1, 0.15) is 11.8 Å². The van der Waals surface area contributed by atoms with E-state index in [4.69, 9.17) is 9.94 Å². The number of amides is 3. The van der Waals surface area contributed by atoms with Crippen LogP contribution in [0.15, 0.2) is 24.3 Å². The van der Waals surface area contributed by atoms with Crippen molar-refractivity contribution < 1.29 is 24.3 Å². The third-order valence-electron chi connectivity index (χ3n) is 4.43. The monoisotopic (exact) mass is 379 g/mol. The Labute approximate surface area is 159 Å². The minimum Gasteiger partial charge on any atom is -0.497 e. The maximum Gasteiger partial charge on any atom is 0.246 e. The molecule has 3 amide bonds. The molecular formula is C19H29N3O5. The highest BCUT2D eigenvalue weighted by molar-refractivity contribution is 5.91. The Morgan fingerprint density at radius 1 is 1.04 bits per heavy atom. The molecule has 0 radical (unpaired) electrons. The molecule has 150 valence electrons. The van der Waals surface area contributed by atoms with Gasteiger partial charge < -0.3 is 15.4 Å². The minimum atomic E-state index is -0.910. The first kappa shape index (κ1) is 22.4. The van der Waals surface area contributed by atoms with Gasteiger partial charge in [0.05, 0.1) is 7.11 Å². The van der Waals surface area contributed by atoms with Crippen molar-refractivity contribution >= 4 is 17.7 Å². The summed E-state index contributed by atoms with van der Waals surface area (Å²) in [6, 6.07) is 5.88. The zero-order valence-electron chi connectivity index (χ0n) is 16.4. The van der Waals surface area contributed by atoms with Crippen molar-refractivity contribution in [2.24, 2.45) is 17.8 Å². The van der Waals surface area contributed by atoms with Gasteiger partial charge in [0, 0.05) is 18.9 Å². The van der Waals surface area contributed by atoms with Crippen LogP contribution < -0.4 is 20.9 Å². The van der Waals surface area contributed by atoms with Crippen LogP contribution in [0.5, 0.6) is 5.75 Å². The molecule has 0 unspecified atom stereocenters. The molecule has 0 fully saturated rings. The van der Waals surface area contributed by atoms with Crippen molar-refractivity contribution in [2.45, 2.75) is 33.2 Å². The van der Waals surface area contributed by atoms with Crippen molar-refractivity contribution in [1.29, 1.82) is 0 Å². The van der Waals surface area contributed by atoms with E-state index < -0.39 is 29.7 Å². The van der Waals surface area contributed by atoms with Crippen LogP contribution in [0, 0.1) is 17.8 Å². The van der Waals surface area contributed by atoms with Crippen LogP contribution in [0.1, 0.15) is 38.8 Å². The van der Waals surface area contributed by atoms with Gasteiger partial charge in [-0.05, 0) is 30.0 Å². The van der Waals surface area contributed by atoms with Gasteiger partial charge in [0.25, 0.3) is 0 Å². The standard InChI is InChI=1S/C19H29N3O5/c1-11(2)10-15(12(3)17(23)22-26)18(24)21-16(19(25)20-4)13-6-8-14(27-5)9-7-13/h6-9,11-12,15-16,26H,10H2,1-5H3,(H,20,25)(H,21,24)(H,22,23)/t12-,15+,16-/m0/s1. The molecule has 4 N–H and O–H groups in total. The molecule has 8 heteroatoms. The number of ether oxygens (including phenoxy) is 1. The Hall–Kier alpha value is -2.61. The van der Waals surface area contributed by atoms with Crippen molar-refractivity contribution in [3.05, 3.63) is 29.8 Å². The molecule has 0 heterocycles. The average Bonchev–Trinajstić information content (AvgIpc) is 2.68. The number of rotatable bonds is 9. The lowest BCUT2D eigenvalue weighted by Gasteiger charge is -2.26. The SMILES string of the molecule is CNC(=O)[C@@H](NC(=O)[C@H](CC(C)C)[C@H](C)C(=O)NO)c1ccc(OC)cc1. The van der Waals surface area contributed by atoms with Gasteiger partial charge >= 0.3 is 0 Å². The molecule has 8 nitrogen and oxygen atoms in total. The maximum absolute atomic E-state index is 12.9. The molecule has 0 spiro atoms. The number of nitrogens with one attached hydrogen (secondary N) is 3. The van der Waals surface area contributed by atoms with Crippen molar-refractivity contribution in [3.63, 3.8) is 0 Å². The molecule has 1 aromatic rings. The Bertz CT molecular complexity index is 645. The first-order chi connectivity index (χ1) is 12.7. The van der Waals surface area contributed by atoms with Gasteiger partial charge in [-0.3, -0.25) is 19.6 Å². The second kappa shape index (κ2) is 10.5. The number of carbonyl (C=O) groups is 3. The molecular weight excluding hydrogens is 350 g/mol. The lowest BCUT2D eigenvalue weighted by Crippen LogP contribution is -2.45. The van der Waals surface area contributed by atoms with Gasteiger partial charge in [0.2, 0.25) is 17.7 Å². The first-order valence-corrected chi connectivity index (χ1v) is 8.84. The Kier molecular flexibility index (Phi) is 8.74. The largest absolute Gasteiger partial charge is 0.497 e. The fourth-order valence-electron chi connectivity index (χ4n) is 2.82. The van der Waals surface area contributed by atoms with E-state index in [1.807, 2.05) is 13.8 Å². The number of benzene rings is 1. The summed E-state index contributed by atoms with van der Waals surface area (Å²) < 4.78 is 5.11. The number of hydroxylamine groups is 1. The molecule has 0 aliphatic carbocycles. The maximum atomic E-state index is 12.9. The Balaban J connectivity index is 3.10. The van der Waals surface area contributed by atoms with Gasteiger partial charge in [0.15, 0.2) is 0 Å². The zero-order valence-corrected chi connectivity index (χ0v) is 16.4. The molecule has 27 heavy (non-hydrogen) atoms. The van der Waals surface area contributed by atoms with Crippen LogP contribution in [0.4, 0.5) is 0 Å². The van der Waals surface area contributed by atoms with Gasteiger partial charge in [-0.25, -0.2) is 5.48 Å². The topological polar surface area (TPSA) is 117 Å². The second-order valence-corrected chi connectivity index (χ2v) is 6.83. The summed E-state index contributed by atoms with van der Waals surface area (Å²) in [6.45, 7) is 5.44. The van der Waals surface area contributed by atoms with E-state index in [-0.39, 0.29) is 11.8 Å². The summed E-state index contributed by atoms with van der Waals surface area (Å²) in [5, 5.41) is 14.2. The van der Waals surface area contributed by atoms with Crippen LogP contribution in [0.25, 0.3) is 0 Å². The molecule has 1 aromatic carbocycles. The Morgan fingerprint density at radius 3 is 2.07 bits per heavy atom. The van der Waals surface area contributed by atoms with Crippen LogP contribution >= 0.6 is 0 Å². The summed E-state index contributed by atoms with van der Waals surface area (Å²) in [4.78, 5) is 37.0. The summed E-state index contributed by atoms with van der Waals surface area (Å²) in [5.41, 5.74) is 2.18. The van der Waals surface area contributed by atoms with Crippen molar-refractivity contribution in [3.8, 4) is 5.75 Å². The zero-order chi connectivity index (χ0) is 20.6. The molecule has 0 aliphatic rings. The molecule has 0 bridgehead atoms. The van der Waals surface area contributed by atoms with Crippen LogP contribution in [0.3, 0.4) is 0 Å². The van der Waals surface area contributed by atoms with E-state index in [1.165, 1.54) is 14.2 Å².